The lowest BCUT2D eigenvalue weighted by Crippen LogP contribution is -2.32. The molecule has 1 saturated heterocycles. The maximum atomic E-state index is 12.9. The summed E-state index contributed by atoms with van der Waals surface area (Å²) in [4.78, 5) is 31.9. The van der Waals surface area contributed by atoms with Crippen LogP contribution < -0.4 is 14.4 Å². The fraction of sp³-hybridized carbons (Fsp3) is 0.190. The van der Waals surface area contributed by atoms with E-state index in [-0.39, 0.29) is 18.8 Å². The molecule has 1 fully saturated rings. The Morgan fingerprint density at radius 1 is 1.03 bits per heavy atom. The Morgan fingerprint density at radius 3 is 2.42 bits per heavy atom. The normalized spacial score (nSPS) is 14.5. The van der Waals surface area contributed by atoms with Gasteiger partial charge in [-0.1, -0.05) is 0 Å². The van der Waals surface area contributed by atoms with Gasteiger partial charge in [0.2, 0.25) is 0 Å². The average molecular weight is 431 g/mol. The van der Waals surface area contributed by atoms with Gasteiger partial charge in [0.15, 0.2) is 0 Å². The smallest absolute Gasteiger partial charge is 0.497 e. The Morgan fingerprint density at radius 2 is 1.74 bits per heavy atom. The molecule has 0 atom stereocenters. The minimum absolute atomic E-state index is 0.153. The molecule has 2 aromatic carbocycles. The predicted octanol–water partition coefficient (Wildman–Crippen LogP) is 4.11. The second kappa shape index (κ2) is 7.78. The van der Waals surface area contributed by atoms with Crippen molar-refractivity contribution in [2.24, 2.45) is 0 Å². The molecule has 0 bridgehead atoms. The molecule has 0 radical (unpaired) electrons. The number of hydrogen-bond donors (Lipinski definition) is 0. The van der Waals surface area contributed by atoms with Crippen molar-refractivity contribution in [1.82, 2.24) is 9.88 Å². The van der Waals surface area contributed by atoms with Gasteiger partial charge < -0.3 is 14.4 Å². The number of carbonyl (C=O) groups is 2. The molecular weight excluding hydrogens is 415 g/mol. The molecule has 0 N–H and O–H groups in total. The van der Waals surface area contributed by atoms with E-state index in [2.05, 4.69) is 9.72 Å². The molecule has 0 aliphatic carbocycles. The summed E-state index contributed by atoms with van der Waals surface area (Å²) in [5, 5.41) is 0.815. The standard InChI is InChI=1S/C21H16F3N3O4/c1-30-16-6-7-17-13(8-9-25-18(17)10-16)11-26-12-19(28)27(20(26)29)14-2-4-15(5-3-14)31-21(22,23)24/h2-10H,11-12H2,1H3. The van der Waals surface area contributed by atoms with Crippen LogP contribution in [0, 0.1) is 0 Å². The van der Waals surface area contributed by atoms with Crippen molar-refractivity contribution in [3.8, 4) is 11.5 Å². The largest absolute Gasteiger partial charge is 0.573 e. The summed E-state index contributed by atoms with van der Waals surface area (Å²) in [7, 11) is 1.55. The van der Waals surface area contributed by atoms with Crippen molar-refractivity contribution < 1.29 is 32.2 Å². The van der Waals surface area contributed by atoms with E-state index in [4.69, 9.17) is 4.74 Å². The monoisotopic (exact) mass is 431 g/mol. The van der Waals surface area contributed by atoms with E-state index >= 15 is 0 Å². The fourth-order valence-corrected chi connectivity index (χ4v) is 3.38. The van der Waals surface area contributed by atoms with Crippen LogP contribution in [0.15, 0.2) is 54.7 Å². The van der Waals surface area contributed by atoms with E-state index in [1.807, 2.05) is 6.07 Å². The van der Waals surface area contributed by atoms with Gasteiger partial charge >= 0.3 is 12.4 Å². The van der Waals surface area contributed by atoms with E-state index in [9.17, 15) is 22.8 Å². The van der Waals surface area contributed by atoms with Gasteiger partial charge in [-0.15, -0.1) is 13.2 Å². The van der Waals surface area contributed by atoms with Gasteiger partial charge in [0.05, 0.1) is 18.3 Å². The highest BCUT2D eigenvalue weighted by atomic mass is 19.4. The first-order chi connectivity index (χ1) is 14.7. The van der Waals surface area contributed by atoms with E-state index in [0.717, 1.165) is 28.0 Å². The number of halogens is 3. The molecular formula is C21H16F3N3O4. The minimum Gasteiger partial charge on any atom is -0.497 e. The average Bonchev–Trinajstić information content (AvgIpc) is 3.00. The lowest BCUT2D eigenvalue weighted by molar-refractivity contribution is -0.274. The molecule has 1 aliphatic rings. The number of pyridine rings is 1. The molecule has 3 amide bonds. The van der Waals surface area contributed by atoms with E-state index in [1.165, 1.54) is 17.0 Å². The Bertz CT molecular complexity index is 1150. The molecule has 2 heterocycles. The molecule has 160 valence electrons. The fourth-order valence-electron chi connectivity index (χ4n) is 3.38. The second-order valence-electron chi connectivity index (χ2n) is 6.76. The number of carbonyl (C=O) groups excluding carboxylic acids is 2. The van der Waals surface area contributed by atoms with Crippen LogP contribution in [0.5, 0.6) is 11.5 Å². The van der Waals surface area contributed by atoms with Crippen molar-refractivity contribution in [1.29, 1.82) is 0 Å². The van der Waals surface area contributed by atoms with Crippen molar-refractivity contribution in [3.05, 3.63) is 60.3 Å². The summed E-state index contributed by atoms with van der Waals surface area (Å²) in [6, 6.07) is 11.1. The first-order valence-electron chi connectivity index (χ1n) is 9.14. The number of fused-ring (bicyclic) bond motifs is 1. The number of rotatable bonds is 5. The quantitative estimate of drug-likeness (QED) is 0.569. The van der Waals surface area contributed by atoms with Crippen molar-refractivity contribution in [3.63, 3.8) is 0 Å². The Balaban J connectivity index is 1.54. The summed E-state index contributed by atoms with van der Waals surface area (Å²) in [6.45, 7) is 0.0152. The summed E-state index contributed by atoms with van der Waals surface area (Å²) in [5.74, 6) is -0.269. The number of ether oxygens (including phenoxy) is 2. The Hall–Kier alpha value is -3.82. The third-order valence-electron chi connectivity index (χ3n) is 4.77. The van der Waals surface area contributed by atoms with Crippen LogP contribution in [0.1, 0.15) is 5.56 Å². The molecule has 1 aromatic heterocycles. The molecule has 0 spiro atoms. The number of aromatic nitrogens is 1. The number of hydrogen-bond acceptors (Lipinski definition) is 5. The molecule has 0 unspecified atom stereocenters. The van der Waals surface area contributed by atoms with Gasteiger partial charge in [-0.25, -0.2) is 9.69 Å². The van der Waals surface area contributed by atoms with Crippen LogP contribution in [0.4, 0.5) is 23.7 Å². The highest BCUT2D eigenvalue weighted by molar-refractivity contribution is 6.19. The number of amides is 3. The van der Waals surface area contributed by atoms with Crippen molar-refractivity contribution >= 4 is 28.5 Å². The van der Waals surface area contributed by atoms with Crippen LogP contribution in [-0.4, -0.2) is 41.8 Å². The van der Waals surface area contributed by atoms with Crippen LogP contribution in [0.25, 0.3) is 10.9 Å². The van der Waals surface area contributed by atoms with E-state index in [1.54, 1.807) is 31.5 Å². The second-order valence-corrected chi connectivity index (χ2v) is 6.76. The minimum atomic E-state index is -4.82. The topological polar surface area (TPSA) is 72.0 Å². The first kappa shape index (κ1) is 20.5. The third kappa shape index (κ3) is 4.23. The Labute approximate surface area is 174 Å². The number of imide groups is 1. The molecule has 7 nitrogen and oxygen atoms in total. The number of methoxy groups -OCH3 is 1. The number of benzene rings is 2. The number of anilines is 1. The van der Waals surface area contributed by atoms with Gasteiger partial charge in [-0.05, 0) is 48.0 Å². The molecule has 3 aromatic rings. The predicted molar refractivity (Wildman–Crippen MR) is 105 cm³/mol. The van der Waals surface area contributed by atoms with Gasteiger partial charge in [0.1, 0.15) is 18.0 Å². The molecule has 10 heteroatoms. The summed E-state index contributed by atoms with van der Waals surface area (Å²) in [5.41, 5.74) is 1.65. The van der Waals surface area contributed by atoms with Gasteiger partial charge in [0, 0.05) is 24.2 Å². The Kier molecular flexibility index (Phi) is 5.14. The highest BCUT2D eigenvalue weighted by Gasteiger charge is 2.37. The lowest BCUT2D eigenvalue weighted by atomic mass is 10.1. The van der Waals surface area contributed by atoms with Crippen LogP contribution >= 0.6 is 0 Å². The summed E-state index contributed by atoms with van der Waals surface area (Å²) < 4.78 is 46.0. The van der Waals surface area contributed by atoms with Crippen molar-refractivity contribution in [2.75, 3.05) is 18.6 Å². The van der Waals surface area contributed by atoms with Crippen molar-refractivity contribution in [2.45, 2.75) is 12.9 Å². The molecule has 1 aliphatic heterocycles. The molecule has 0 saturated carbocycles. The third-order valence-corrected chi connectivity index (χ3v) is 4.77. The molecule has 4 rings (SSSR count). The van der Waals surface area contributed by atoms with Gasteiger partial charge in [0.25, 0.3) is 5.91 Å². The van der Waals surface area contributed by atoms with E-state index < -0.39 is 24.1 Å². The maximum Gasteiger partial charge on any atom is 0.573 e. The lowest BCUT2D eigenvalue weighted by Gasteiger charge is -2.18. The van der Waals surface area contributed by atoms with Crippen LogP contribution in [0.3, 0.4) is 0 Å². The first-order valence-corrected chi connectivity index (χ1v) is 9.14. The maximum absolute atomic E-state index is 12.9. The SMILES string of the molecule is COc1ccc2c(CN3CC(=O)N(c4ccc(OC(F)(F)F)cc4)C3=O)ccnc2c1. The van der Waals surface area contributed by atoms with E-state index in [0.29, 0.717) is 11.3 Å². The molecule has 31 heavy (non-hydrogen) atoms. The van der Waals surface area contributed by atoms with Gasteiger partial charge in [-0.2, -0.15) is 0 Å². The summed E-state index contributed by atoms with van der Waals surface area (Å²) >= 11 is 0. The highest BCUT2D eigenvalue weighted by Crippen LogP contribution is 2.29. The zero-order valence-electron chi connectivity index (χ0n) is 16.2. The van der Waals surface area contributed by atoms with Crippen LogP contribution in [0.2, 0.25) is 0 Å². The zero-order chi connectivity index (χ0) is 22.2. The number of urea groups is 1. The van der Waals surface area contributed by atoms with Crippen LogP contribution in [-0.2, 0) is 11.3 Å². The number of alkyl halides is 3. The number of nitrogens with zero attached hydrogens (tertiary/aromatic N) is 3. The van der Waals surface area contributed by atoms with Gasteiger partial charge in [-0.3, -0.25) is 9.78 Å². The summed E-state index contributed by atoms with van der Waals surface area (Å²) in [6.07, 6.45) is -3.22. The zero-order valence-corrected chi connectivity index (χ0v) is 16.2.